The highest BCUT2D eigenvalue weighted by atomic mass is 19.1. The highest BCUT2D eigenvalue weighted by Crippen LogP contribution is 2.24. The van der Waals surface area contributed by atoms with Crippen molar-refractivity contribution in [3.63, 3.8) is 0 Å². The van der Waals surface area contributed by atoms with Gasteiger partial charge in [0.25, 0.3) is 0 Å². The van der Waals surface area contributed by atoms with Crippen molar-refractivity contribution in [2.45, 2.75) is 32.2 Å². The standard InChI is InChI=1S/C16H22FN3O4/c1-4-13(21)20-15(16(23)24-3)9(2)10-5-6-12(11(17)7-10)19-14(22)8-18/h5-7,9,15H,4,8,18H2,1-3H3,(H,19,22)(H,20,21)/t9-,15+/m0/s1. The van der Waals surface area contributed by atoms with Gasteiger partial charge in [-0.1, -0.05) is 19.9 Å². The number of hydrogen-bond acceptors (Lipinski definition) is 5. The molecule has 0 saturated heterocycles. The fourth-order valence-corrected chi connectivity index (χ4v) is 2.10. The van der Waals surface area contributed by atoms with E-state index in [4.69, 9.17) is 10.5 Å². The van der Waals surface area contributed by atoms with Crippen molar-refractivity contribution in [2.24, 2.45) is 5.73 Å². The Labute approximate surface area is 139 Å². The van der Waals surface area contributed by atoms with E-state index in [1.807, 2.05) is 0 Å². The van der Waals surface area contributed by atoms with E-state index in [1.54, 1.807) is 19.9 Å². The van der Waals surface area contributed by atoms with Crippen LogP contribution in [0.25, 0.3) is 0 Å². The smallest absolute Gasteiger partial charge is 0.328 e. The number of ether oxygens (including phenoxy) is 1. The molecular weight excluding hydrogens is 317 g/mol. The molecule has 0 aliphatic rings. The van der Waals surface area contributed by atoms with Gasteiger partial charge >= 0.3 is 5.97 Å². The molecular formula is C16H22FN3O4. The van der Waals surface area contributed by atoms with Gasteiger partial charge in [0.1, 0.15) is 11.9 Å². The van der Waals surface area contributed by atoms with E-state index >= 15 is 0 Å². The Morgan fingerprint density at radius 2 is 1.96 bits per heavy atom. The second-order valence-corrected chi connectivity index (χ2v) is 5.20. The molecule has 0 spiro atoms. The summed E-state index contributed by atoms with van der Waals surface area (Å²) in [6, 6.07) is 3.20. The Balaban J connectivity index is 3.03. The molecule has 7 nitrogen and oxygen atoms in total. The number of halogens is 1. The van der Waals surface area contributed by atoms with Crippen molar-refractivity contribution in [3.8, 4) is 0 Å². The van der Waals surface area contributed by atoms with Crippen molar-refractivity contribution in [2.75, 3.05) is 19.0 Å². The van der Waals surface area contributed by atoms with Crippen molar-refractivity contribution in [1.82, 2.24) is 5.32 Å². The molecule has 0 radical (unpaired) electrons. The van der Waals surface area contributed by atoms with Crippen LogP contribution in [0.3, 0.4) is 0 Å². The van der Waals surface area contributed by atoms with Crippen LogP contribution in [0.5, 0.6) is 0 Å². The summed E-state index contributed by atoms with van der Waals surface area (Å²) in [5, 5.41) is 4.90. The molecule has 2 atom stereocenters. The molecule has 132 valence electrons. The molecule has 4 N–H and O–H groups in total. The topological polar surface area (TPSA) is 111 Å². The van der Waals surface area contributed by atoms with Crippen LogP contribution in [0.4, 0.5) is 10.1 Å². The number of benzene rings is 1. The minimum Gasteiger partial charge on any atom is -0.467 e. The quantitative estimate of drug-likeness (QED) is 0.639. The van der Waals surface area contributed by atoms with Gasteiger partial charge in [-0.15, -0.1) is 0 Å². The van der Waals surface area contributed by atoms with E-state index in [1.165, 1.54) is 19.2 Å². The number of anilines is 1. The first-order chi connectivity index (χ1) is 11.3. The van der Waals surface area contributed by atoms with Crippen molar-refractivity contribution in [1.29, 1.82) is 0 Å². The van der Waals surface area contributed by atoms with E-state index in [-0.39, 0.29) is 24.6 Å². The van der Waals surface area contributed by atoms with Crippen LogP contribution in [0.1, 0.15) is 31.7 Å². The van der Waals surface area contributed by atoms with Crippen LogP contribution >= 0.6 is 0 Å². The zero-order chi connectivity index (χ0) is 18.3. The number of methoxy groups -OCH3 is 1. The van der Waals surface area contributed by atoms with Gasteiger partial charge in [0.15, 0.2) is 0 Å². The Morgan fingerprint density at radius 1 is 1.29 bits per heavy atom. The van der Waals surface area contributed by atoms with Crippen molar-refractivity contribution >= 4 is 23.5 Å². The first kappa shape index (κ1) is 19.6. The number of carbonyl (C=O) groups is 3. The third-order valence-corrected chi connectivity index (χ3v) is 3.57. The van der Waals surface area contributed by atoms with Crippen LogP contribution in [-0.4, -0.2) is 37.5 Å². The highest BCUT2D eigenvalue weighted by Gasteiger charge is 2.29. The Morgan fingerprint density at radius 3 is 2.46 bits per heavy atom. The number of nitrogens with one attached hydrogen (secondary N) is 2. The van der Waals surface area contributed by atoms with Crippen LogP contribution in [0.15, 0.2) is 18.2 Å². The third kappa shape index (κ3) is 5.02. The maximum absolute atomic E-state index is 14.1. The minimum atomic E-state index is -0.939. The summed E-state index contributed by atoms with van der Waals surface area (Å²) < 4.78 is 18.8. The van der Waals surface area contributed by atoms with Crippen LogP contribution in [0, 0.1) is 5.82 Å². The summed E-state index contributed by atoms with van der Waals surface area (Å²) in [7, 11) is 1.21. The van der Waals surface area contributed by atoms with Gasteiger partial charge in [-0.25, -0.2) is 9.18 Å². The molecule has 0 heterocycles. The van der Waals surface area contributed by atoms with Crippen molar-refractivity contribution < 1.29 is 23.5 Å². The van der Waals surface area contributed by atoms with Crippen LogP contribution in [0.2, 0.25) is 0 Å². The molecule has 0 aromatic heterocycles. The number of rotatable bonds is 7. The lowest BCUT2D eigenvalue weighted by atomic mass is 9.92. The van der Waals surface area contributed by atoms with Gasteiger partial charge in [-0.05, 0) is 17.7 Å². The lowest BCUT2D eigenvalue weighted by molar-refractivity contribution is -0.145. The molecule has 8 heteroatoms. The van der Waals surface area contributed by atoms with E-state index in [0.717, 1.165) is 0 Å². The number of hydrogen-bond donors (Lipinski definition) is 3. The SMILES string of the molecule is CCC(=O)N[C@@H](C(=O)OC)[C@@H](C)c1ccc(NC(=O)CN)c(F)c1. The number of esters is 1. The van der Waals surface area contributed by atoms with Crippen LogP contribution < -0.4 is 16.4 Å². The fraction of sp³-hybridized carbons (Fsp3) is 0.438. The predicted molar refractivity (Wildman–Crippen MR) is 86.7 cm³/mol. The molecule has 0 saturated carbocycles. The lowest BCUT2D eigenvalue weighted by Crippen LogP contribution is -2.44. The van der Waals surface area contributed by atoms with Crippen molar-refractivity contribution in [3.05, 3.63) is 29.6 Å². The number of nitrogens with two attached hydrogens (primary N) is 1. The van der Waals surface area contributed by atoms with Gasteiger partial charge in [-0.3, -0.25) is 9.59 Å². The molecule has 0 bridgehead atoms. The Kier molecular flexibility index (Phi) is 7.31. The Bertz CT molecular complexity index is 621. The summed E-state index contributed by atoms with van der Waals surface area (Å²) >= 11 is 0. The second kappa shape index (κ2) is 8.97. The first-order valence-electron chi connectivity index (χ1n) is 7.50. The summed E-state index contributed by atoms with van der Waals surface area (Å²) in [5.41, 5.74) is 5.64. The van der Waals surface area contributed by atoms with E-state index in [2.05, 4.69) is 10.6 Å². The second-order valence-electron chi connectivity index (χ2n) is 5.20. The zero-order valence-electron chi connectivity index (χ0n) is 13.9. The average Bonchev–Trinajstić information content (AvgIpc) is 2.59. The molecule has 1 rings (SSSR count). The largest absolute Gasteiger partial charge is 0.467 e. The minimum absolute atomic E-state index is 0.00591. The molecule has 1 aromatic carbocycles. The summed E-state index contributed by atoms with van der Waals surface area (Å²) in [6.07, 6.45) is 0.207. The first-order valence-corrected chi connectivity index (χ1v) is 7.50. The van der Waals surface area contributed by atoms with Gasteiger partial charge in [0.2, 0.25) is 11.8 Å². The number of amides is 2. The highest BCUT2D eigenvalue weighted by molar-refractivity contribution is 5.92. The lowest BCUT2D eigenvalue weighted by Gasteiger charge is -2.23. The normalized spacial score (nSPS) is 12.9. The monoisotopic (exact) mass is 339 g/mol. The summed E-state index contributed by atoms with van der Waals surface area (Å²) in [4.78, 5) is 34.7. The molecule has 0 aliphatic heterocycles. The molecule has 0 fully saturated rings. The third-order valence-electron chi connectivity index (χ3n) is 3.57. The van der Waals surface area contributed by atoms with E-state index < -0.39 is 29.7 Å². The van der Waals surface area contributed by atoms with Crippen LogP contribution in [-0.2, 0) is 19.1 Å². The number of carbonyl (C=O) groups excluding carboxylic acids is 3. The summed E-state index contributed by atoms with van der Waals surface area (Å²) in [5.74, 6) is -2.64. The maximum atomic E-state index is 14.1. The zero-order valence-corrected chi connectivity index (χ0v) is 13.9. The average molecular weight is 339 g/mol. The molecule has 1 aromatic rings. The summed E-state index contributed by atoms with van der Waals surface area (Å²) in [6.45, 7) is 3.07. The Hall–Kier alpha value is -2.48. The van der Waals surface area contributed by atoms with Gasteiger partial charge < -0.3 is 21.1 Å². The van der Waals surface area contributed by atoms with Gasteiger partial charge in [0.05, 0.1) is 19.3 Å². The molecule has 24 heavy (non-hydrogen) atoms. The van der Waals surface area contributed by atoms with E-state index in [9.17, 15) is 18.8 Å². The maximum Gasteiger partial charge on any atom is 0.328 e. The van der Waals surface area contributed by atoms with E-state index in [0.29, 0.717) is 5.56 Å². The van der Waals surface area contributed by atoms with Gasteiger partial charge in [0, 0.05) is 12.3 Å². The molecule has 2 amide bonds. The molecule has 0 unspecified atom stereocenters. The fourth-order valence-electron chi connectivity index (χ4n) is 2.10. The predicted octanol–water partition coefficient (Wildman–Crippen LogP) is 0.894. The molecule has 0 aliphatic carbocycles. The van der Waals surface area contributed by atoms with Gasteiger partial charge in [-0.2, -0.15) is 0 Å².